The van der Waals surface area contributed by atoms with Crippen LogP contribution in [-0.2, 0) is 16.8 Å². The van der Waals surface area contributed by atoms with Crippen molar-refractivity contribution in [1.29, 1.82) is 0 Å². The molecule has 0 saturated carbocycles. The van der Waals surface area contributed by atoms with Crippen LogP contribution in [0.1, 0.15) is 0 Å². The van der Waals surface area contributed by atoms with E-state index in [0.29, 0.717) is 0 Å². The zero-order chi connectivity index (χ0) is 12.6. The molecule has 0 atom stereocenters. The number of aromatic amines is 2. The zero-order valence-electron chi connectivity index (χ0n) is 10.2. The Morgan fingerprint density at radius 2 is 1.16 bits per heavy atom. The van der Waals surface area contributed by atoms with Crippen LogP contribution in [0.4, 0.5) is 0 Å². The fraction of sp³-hybridized carbons (Fsp3) is 0. The van der Waals surface area contributed by atoms with Crippen molar-refractivity contribution in [2.24, 2.45) is 0 Å². The monoisotopic (exact) mass is 297 g/mol. The van der Waals surface area contributed by atoms with Gasteiger partial charge in [-0.3, -0.25) is 9.89 Å². The number of benzene rings is 2. The molecule has 0 aliphatic carbocycles. The molecule has 0 aliphatic heterocycles. The van der Waals surface area contributed by atoms with Crippen molar-refractivity contribution in [3.63, 3.8) is 0 Å². The number of rotatable bonds is 1. The molecule has 99 valence electrons. The number of H-pyrrole nitrogens is 2. The third-order valence-corrected chi connectivity index (χ3v) is 2.39. The van der Waals surface area contributed by atoms with Gasteiger partial charge in [0.25, 0.3) is 5.56 Å². The van der Waals surface area contributed by atoms with Gasteiger partial charge in [0.05, 0.1) is 0 Å². The second-order valence-electron chi connectivity index (χ2n) is 3.70. The fourth-order valence-corrected chi connectivity index (χ4v) is 1.53. The van der Waals surface area contributed by atoms with E-state index >= 15 is 0 Å². The Morgan fingerprint density at radius 1 is 0.684 bits per heavy atom. The molecule has 0 spiro atoms. The van der Waals surface area contributed by atoms with Gasteiger partial charge in [-0.05, 0) is 11.1 Å². The number of nitrogens with one attached hydrogen (secondary N) is 2. The molecular weight excluding hydrogens is 283 g/mol. The average molecular weight is 297 g/mol. The molecule has 2 N–H and O–H groups in total. The van der Waals surface area contributed by atoms with Gasteiger partial charge in [0.1, 0.15) is 0 Å². The van der Waals surface area contributed by atoms with Crippen LogP contribution in [0.2, 0.25) is 0 Å². The van der Waals surface area contributed by atoms with E-state index in [2.05, 4.69) is 58.7 Å². The minimum atomic E-state index is -0.0880. The average Bonchev–Trinajstić information content (AvgIpc) is 2.93. The molecule has 0 saturated heterocycles. The first-order chi connectivity index (χ1) is 8.86. The predicted molar refractivity (Wildman–Crippen MR) is 73.3 cm³/mol. The molecule has 0 bridgehead atoms. The standard InChI is InChI=1S/C12H10.C3H4N2O.Co/c1-3-7-11(8-4-1)12-9-5-2-6-10-12;6-3-1-2-4-5-3;/h1-10H;1-2H,(H2,4,5,6);. The SMILES string of the molecule is O=c1cc[nH][nH]1.[Co].c1ccc(-c2ccccc2)cc1. The summed E-state index contributed by atoms with van der Waals surface area (Å²) in [4.78, 5) is 9.98. The second-order valence-corrected chi connectivity index (χ2v) is 3.70. The molecule has 0 unspecified atom stereocenters. The molecule has 19 heavy (non-hydrogen) atoms. The summed E-state index contributed by atoms with van der Waals surface area (Å²) in [5.41, 5.74) is 2.46. The summed E-state index contributed by atoms with van der Waals surface area (Å²) in [5.74, 6) is 0. The van der Waals surface area contributed by atoms with Gasteiger partial charge in [-0.25, -0.2) is 0 Å². The maximum atomic E-state index is 9.98. The first-order valence-corrected chi connectivity index (χ1v) is 5.69. The summed E-state index contributed by atoms with van der Waals surface area (Å²) >= 11 is 0. The van der Waals surface area contributed by atoms with Crippen LogP contribution in [-0.4, -0.2) is 10.2 Å². The molecule has 1 aromatic heterocycles. The molecule has 0 amide bonds. The van der Waals surface area contributed by atoms with E-state index < -0.39 is 0 Å². The van der Waals surface area contributed by atoms with Gasteiger partial charge >= 0.3 is 0 Å². The molecular formula is C15H14CoN2O. The molecule has 1 heterocycles. The van der Waals surface area contributed by atoms with E-state index in [1.54, 1.807) is 6.20 Å². The maximum absolute atomic E-state index is 9.98. The Morgan fingerprint density at radius 3 is 1.42 bits per heavy atom. The zero-order valence-corrected chi connectivity index (χ0v) is 11.2. The van der Waals surface area contributed by atoms with Crippen LogP contribution in [0.15, 0.2) is 77.7 Å². The molecule has 3 aromatic rings. The van der Waals surface area contributed by atoms with Crippen molar-refractivity contribution in [1.82, 2.24) is 10.2 Å². The minimum Gasteiger partial charge on any atom is -0.305 e. The van der Waals surface area contributed by atoms with Gasteiger partial charge in [0.2, 0.25) is 0 Å². The maximum Gasteiger partial charge on any atom is 0.263 e. The molecule has 2 aromatic carbocycles. The van der Waals surface area contributed by atoms with Crippen molar-refractivity contribution in [3.8, 4) is 11.1 Å². The van der Waals surface area contributed by atoms with Gasteiger partial charge < -0.3 is 5.10 Å². The molecule has 1 radical (unpaired) electrons. The van der Waals surface area contributed by atoms with Crippen molar-refractivity contribution in [2.75, 3.05) is 0 Å². The Labute approximate surface area is 121 Å². The molecule has 3 rings (SSSR count). The van der Waals surface area contributed by atoms with E-state index in [1.165, 1.54) is 17.2 Å². The smallest absolute Gasteiger partial charge is 0.263 e. The normalized spacial score (nSPS) is 8.84. The van der Waals surface area contributed by atoms with E-state index in [9.17, 15) is 4.79 Å². The van der Waals surface area contributed by atoms with Crippen LogP contribution < -0.4 is 5.56 Å². The summed E-state index contributed by atoms with van der Waals surface area (Å²) in [6.45, 7) is 0. The van der Waals surface area contributed by atoms with Crippen molar-refractivity contribution >= 4 is 0 Å². The summed E-state index contributed by atoms with van der Waals surface area (Å²) in [5, 5.41) is 4.81. The van der Waals surface area contributed by atoms with Crippen LogP contribution in [0.25, 0.3) is 11.1 Å². The third kappa shape index (κ3) is 4.99. The first kappa shape index (κ1) is 15.0. The predicted octanol–water partition coefficient (Wildman–Crippen LogP) is 3.05. The van der Waals surface area contributed by atoms with E-state index in [4.69, 9.17) is 0 Å². The van der Waals surface area contributed by atoms with Gasteiger partial charge in [0.15, 0.2) is 0 Å². The van der Waals surface area contributed by atoms with Crippen LogP contribution in [0, 0.1) is 0 Å². The first-order valence-electron chi connectivity index (χ1n) is 5.69. The van der Waals surface area contributed by atoms with E-state index in [-0.39, 0.29) is 22.3 Å². The van der Waals surface area contributed by atoms with E-state index in [0.717, 1.165) is 0 Å². The van der Waals surface area contributed by atoms with Crippen molar-refractivity contribution < 1.29 is 16.8 Å². The van der Waals surface area contributed by atoms with Gasteiger partial charge in [-0.2, -0.15) is 0 Å². The Balaban J connectivity index is 0.000000220. The van der Waals surface area contributed by atoms with Crippen LogP contribution in [0.5, 0.6) is 0 Å². The second kappa shape index (κ2) is 8.13. The largest absolute Gasteiger partial charge is 0.305 e. The number of hydrogen-bond donors (Lipinski definition) is 2. The molecule has 3 nitrogen and oxygen atoms in total. The van der Waals surface area contributed by atoms with Gasteiger partial charge in [-0.15, -0.1) is 0 Å². The topological polar surface area (TPSA) is 48.6 Å². The van der Waals surface area contributed by atoms with E-state index in [1.807, 2.05) is 12.1 Å². The van der Waals surface area contributed by atoms with Gasteiger partial charge in [0, 0.05) is 29.0 Å². The Bertz CT molecular complexity index is 563. The Hall–Kier alpha value is -2.04. The summed E-state index contributed by atoms with van der Waals surface area (Å²) < 4.78 is 0. The van der Waals surface area contributed by atoms with Crippen LogP contribution >= 0.6 is 0 Å². The third-order valence-electron chi connectivity index (χ3n) is 2.39. The molecule has 0 aliphatic rings. The molecule has 0 fully saturated rings. The van der Waals surface area contributed by atoms with Crippen LogP contribution in [0.3, 0.4) is 0 Å². The summed E-state index contributed by atoms with van der Waals surface area (Å²) in [6.07, 6.45) is 1.54. The summed E-state index contributed by atoms with van der Waals surface area (Å²) in [7, 11) is 0. The van der Waals surface area contributed by atoms with Crippen molar-refractivity contribution in [3.05, 3.63) is 83.3 Å². The summed E-state index contributed by atoms with van der Waals surface area (Å²) in [6, 6.07) is 22.2. The fourth-order valence-electron chi connectivity index (χ4n) is 1.53. The Kier molecular flexibility index (Phi) is 6.42. The number of aromatic nitrogens is 2. The van der Waals surface area contributed by atoms with Crippen molar-refractivity contribution in [2.45, 2.75) is 0 Å². The van der Waals surface area contributed by atoms with Gasteiger partial charge in [-0.1, -0.05) is 60.7 Å². The quantitative estimate of drug-likeness (QED) is 0.712. The number of hydrogen-bond acceptors (Lipinski definition) is 1. The molecule has 4 heteroatoms. The minimum absolute atomic E-state index is 0.